The van der Waals surface area contributed by atoms with Crippen LogP contribution in [0.25, 0.3) is 0 Å². The van der Waals surface area contributed by atoms with E-state index in [1.165, 1.54) is 18.4 Å². The van der Waals surface area contributed by atoms with E-state index in [0.717, 1.165) is 9.31 Å². The van der Waals surface area contributed by atoms with Crippen LogP contribution < -0.4 is 5.14 Å². The second-order valence-electron chi connectivity index (χ2n) is 2.52. The van der Waals surface area contributed by atoms with E-state index in [1.54, 1.807) is 6.92 Å². The number of nitrogens with zero attached hydrogens (tertiary/aromatic N) is 3. The van der Waals surface area contributed by atoms with Crippen molar-refractivity contribution in [2.75, 3.05) is 7.05 Å². The highest BCUT2D eigenvalue weighted by atomic mass is 32.2. The molecule has 1 rings (SSSR count). The van der Waals surface area contributed by atoms with Crippen LogP contribution in [0.2, 0.25) is 0 Å². The Labute approximate surface area is 80.6 Å². The molecule has 0 aliphatic carbocycles. The zero-order valence-corrected chi connectivity index (χ0v) is 8.89. The summed E-state index contributed by atoms with van der Waals surface area (Å²) >= 11 is 1.35. The molecular weight excluding hydrogens is 212 g/mol. The van der Waals surface area contributed by atoms with Gasteiger partial charge in [-0.25, -0.2) is 5.14 Å². The Kier molecular flexibility index (Phi) is 2.96. The van der Waals surface area contributed by atoms with Crippen molar-refractivity contribution in [1.29, 1.82) is 0 Å². The van der Waals surface area contributed by atoms with Gasteiger partial charge in [0.15, 0.2) is 0 Å². The molecule has 0 amide bonds. The molecule has 0 fully saturated rings. The molecule has 0 bridgehead atoms. The van der Waals surface area contributed by atoms with Crippen LogP contribution in [0.1, 0.15) is 10.0 Å². The fourth-order valence-corrected chi connectivity index (χ4v) is 1.83. The minimum absolute atomic E-state index is 0.171. The Bertz CT molecular complexity index is 385. The van der Waals surface area contributed by atoms with Crippen LogP contribution in [-0.2, 0) is 16.8 Å². The Morgan fingerprint density at radius 2 is 2.15 bits per heavy atom. The lowest BCUT2D eigenvalue weighted by Crippen LogP contribution is -2.32. The summed E-state index contributed by atoms with van der Waals surface area (Å²) in [6, 6.07) is 0. The summed E-state index contributed by atoms with van der Waals surface area (Å²) in [6.07, 6.45) is 0. The van der Waals surface area contributed by atoms with Crippen LogP contribution >= 0.6 is 11.3 Å². The van der Waals surface area contributed by atoms with Gasteiger partial charge < -0.3 is 0 Å². The molecule has 0 spiro atoms. The molecule has 1 aromatic rings. The van der Waals surface area contributed by atoms with E-state index in [0.29, 0.717) is 5.01 Å². The topological polar surface area (TPSA) is 89.2 Å². The summed E-state index contributed by atoms with van der Waals surface area (Å²) in [6.45, 7) is 1.97. The fourth-order valence-electron chi connectivity index (χ4n) is 0.682. The van der Waals surface area contributed by atoms with Crippen LogP contribution in [0.3, 0.4) is 0 Å². The summed E-state index contributed by atoms with van der Waals surface area (Å²) in [7, 11) is -2.22. The van der Waals surface area contributed by atoms with Gasteiger partial charge in [0, 0.05) is 7.05 Å². The average Bonchev–Trinajstić information content (AvgIpc) is 2.33. The number of rotatable bonds is 3. The number of nitrogens with two attached hydrogens (primary N) is 1. The summed E-state index contributed by atoms with van der Waals surface area (Å²) in [5, 5.41) is 13.9. The molecule has 1 aromatic heterocycles. The Morgan fingerprint density at radius 1 is 1.54 bits per heavy atom. The maximum absolute atomic E-state index is 10.8. The zero-order valence-electron chi connectivity index (χ0n) is 7.26. The Balaban J connectivity index is 2.71. The van der Waals surface area contributed by atoms with Crippen molar-refractivity contribution in [1.82, 2.24) is 14.5 Å². The maximum Gasteiger partial charge on any atom is 0.277 e. The third-order valence-electron chi connectivity index (χ3n) is 1.36. The van der Waals surface area contributed by atoms with Gasteiger partial charge in [-0.2, -0.15) is 12.7 Å². The lowest BCUT2D eigenvalue weighted by Gasteiger charge is -2.10. The second-order valence-corrected chi connectivity index (χ2v) is 5.44. The molecule has 0 saturated carbocycles. The zero-order chi connectivity index (χ0) is 10.1. The van der Waals surface area contributed by atoms with Crippen LogP contribution in [0.4, 0.5) is 0 Å². The SMILES string of the molecule is Cc1nnc(CN(C)S(N)(=O)=O)s1. The van der Waals surface area contributed by atoms with Crippen molar-refractivity contribution in [3.63, 3.8) is 0 Å². The molecule has 0 aliphatic heterocycles. The predicted molar refractivity (Wildman–Crippen MR) is 49.2 cm³/mol. The van der Waals surface area contributed by atoms with Gasteiger partial charge in [0.25, 0.3) is 10.2 Å². The van der Waals surface area contributed by atoms with E-state index in [9.17, 15) is 8.42 Å². The summed E-state index contributed by atoms with van der Waals surface area (Å²) in [5.74, 6) is 0. The molecule has 1 heterocycles. The number of hydrogen-bond acceptors (Lipinski definition) is 5. The van der Waals surface area contributed by atoms with Gasteiger partial charge in [-0.1, -0.05) is 0 Å². The molecule has 74 valence electrons. The first kappa shape index (κ1) is 10.5. The first-order valence-corrected chi connectivity index (χ1v) is 5.74. The minimum Gasteiger partial charge on any atom is -0.216 e. The maximum atomic E-state index is 10.8. The fraction of sp³-hybridized carbons (Fsp3) is 0.600. The van der Waals surface area contributed by atoms with Gasteiger partial charge in [0.1, 0.15) is 10.0 Å². The molecular formula is C5H10N4O2S2. The standard InChI is InChI=1S/C5H10N4O2S2/c1-4-7-8-5(12-4)3-9(2)13(6,10)11/h3H2,1-2H3,(H2,6,10,11). The van der Waals surface area contributed by atoms with Crippen LogP contribution in [0.5, 0.6) is 0 Å². The minimum atomic E-state index is -3.62. The number of aromatic nitrogens is 2. The monoisotopic (exact) mass is 222 g/mol. The van der Waals surface area contributed by atoms with E-state index in [-0.39, 0.29) is 6.54 Å². The molecule has 0 radical (unpaired) electrons. The van der Waals surface area contributed by atoms with Crippen molar-refractivity contribution in [2.45, 2.75) is 13.5 Å². The van der Waals surface area contributed by atoms with Crippen LogP contribution in [0.15, 0.2) is 0 Å². The molecule has 0 atom stereocenters. The van der Waals surface area contributed by atoms with Gasteiger partial charge in [-0.15, -0.1) is 21.5 Å². The first-order valence-electron chi connectivity index (χ1n) is 3.42. The highest BCUT2D eigenvalue weighted by molar-refractivity contribution is 7.86. The van der Waals surface area contributed by atoms with Gasteiger partial charge in [0.05, 0.1) is 6.54 Å². The van der Waals surface area contributed by atoms with Crippen molar-refractivity contribution in [3.8, 4) is 0 Å². The quantitative estimate of drug-likeness (QED) is 0.745. The first-order chi connectivity index (χ1) is 5.89. The third-order valence-corrected chi connectivity index (χ3v) is 3.18. The van der Waals surface area contributed by atoms with E-state index in [2.05, 4.69) is 10.2 Å². The molecule has 6 nitrogen and oxygen atoms in total. The molecule has 2 N–H and O–H groups in total. The predicted octanol–water partition coefficient (Wildman–Crippen LogP) is -0.518. The van der Waals surface area contributed by atoms with Crippen LogP contribution in [0, 0.1) is 6.92 Å². The van der Waals surface area contributed by atoms with Crippen molar-refractivity contribution in [3.05, 3.63) is 10.0 Å². The molecule has 8 heteroatoms. The van der Waals surface area contributed by atoms with E-state index >= 15 is 0 Å². The van der Waals surface area contributed by atoms with E-state index < -0.39 is 10.2 Å². The van der Waals surface area contributed by atoms with Gasteiger partial charge in [-0.3, -0.25) is 0 Å². The highest BCUT2D eigenvalue weighted by Gasteiger charge is 2.13. The molecule has 0 aromatic carbocycles. The summed E-state index contributed by atoms with van der Waals surface area (Å²) in [4.78, 5) is 0. The Morgan fingerprint density at radius 3 is 2.54 bits per heavy atom. The van der Waals surface area contributed by atoms with Crippen molar-refractivity contribution in [2.24, 2.45) is 5.14 Å². The van der Waals surface area contributed by atoms with E-state index in [4.69, 9.17) is 5.14 Å². The third kappa shape index (κ3) is 2.99. The summed E-state index contributed by atoms with van der Waals surface area (Å²) < 4.78 is 22.6. The Hall–Kier alpha value is -0.570. The smallest absolute Gasteiger partial charge is 0.216 e. The molecule has 0 aliphatic rings. The van der Waals surface area contributed by atoms with E-state index in [1.807, 2.05) is 0 Å². The average molecular weight is 222 g/mol. The number of hydrogen-bond donors (Lipinski definition) is 1. The molecule has 13 heavy (non-hydrogen) atoms. The second kappa shape index (κ2) is 3.66. The van der Waals surface area contributed by atoms with Crippen molar-refractivity contribution >= 4 is 21.5 Å². The van der Waals surface area contributed by atoms with Gasteiger partial charge >= 0.3 is 0 Å². The highest BCUT2D eigenvalue weighted by Crippen LogP contribution is 2.10. The normalized spacial score (nSPS) is 12.3. The summed E-state index contributed by atoms with van der Waals surface area (Å²) in [5.41, 5.74) is 0. The van der Waals surface area contributed by atoms with Crippen LogP contribution in [-0.4, -0.2) is 30.0 Å². The lowest BCUT2D eigenvalue weighted by molar-refractivity contribution is 0.466. The van der Waals surface area contributed by atoms with Crippen molar-refractivity contribution < 1.29 is 8.42 Å². The molecule has 0 unspecified atom stereocenters. The molecule has 0 saturated heterocycles. The largest absolute Gasteiger partial charge is 0.277 e. The van der Waals surface area contributed by atoms with Gasteiger partial charge in [0.2, 0.25) is 0 Å². The number of aryl methyl sites for hydroxylation is 1. The van der Waals surface area contributed by atoms with Gasteiger partial charge in [-0.05, 0) is 6.92 Å². The lowest BCUT2D eigenvalue weighted by atomic mass is 10.7.